The number of amides is 1. The monoisotopic (exact) mass is 499 g/mol. The highest BCUT2D eigenvalue weighted by molar-refractivity contribution is 8.00. The number of carbonyl (C=O) groups is 1. The van der Waals surface area contributed by atoms with Gasteiger partial charge in [0.15, 0.2) is 10.3 Å². The van der Waals surface area contributed by atoms with Crippen molar-refractivity contribution in [2.75, 3.05) is 5.32 Å². The van der Waals surface area contributed by atoms with Crippen molar-refractivity contribution >= 4 is 45.0 Å². The minimum atomic E-state index is -0.538. The summed E-state index contributed by atoms with van der Waals surface area (Å²) >= 11 is 2.57. The molecule has 0 aliphatic rings. The van der Waals surface area contributed by atoms with Crippen molar-refractivity contribution in [3.05, 3.63) is 94.2 Å². The quantitative estimate of drug-likeness (QED) is 0.251. The number of nitrogens with one attached hydrogen (secondary N) is 1. The summed E-state index contributed by atoms with van der Waals surface area (Å²) in [5, 5.41) is 5.67. The lowest BCUT2D eigenvalue weighted by atomic mass is 10.2. The number of rotatable bonds is 6. The summed E-state index contributed by atoms with van der Waals surface area (Å²) < 4.78 is 1.47. The van der Waals surface area contributed by atoms with Crippen molar-refractivity contribution in [1.82, 2.24) is 19.5 Å². The molecule has 1 atom stereocenters. The lowest BCUT2D eigenvalue weighted by Crippen LogP contribution is -2.26. The number of hydrogen-bond acceptors (Lipinski definition) is 7. The number of thioether (sulfide) groups is 1. The molecule has 0 aliphatic heterocycles. The summed E-state index contributed by atoms with van der Waals surface area (Å²) in [5.74, 6) is 0.233. The normalized spacial score (nSPS) is 11.9. The average Bonchev–Trinajstić information content (AvgIpc) is 3.34. The number of pyridine rings is 1. The molecule has 3 heterocycles. The Labute approximate surface area is 209 Å². The number of aromatic nitrogens is 4. The van der Waals surface area contributed by atoms with Crippen LogP contribution in [-0.2, 0) is 4.79 Å². The average molecular weight is 500 g/mol. The van der Waals surface area contributed by atoms with Gasteiger partial charge in [-0.1, -0.05) is 60.3 Å². The first-order valence-electron chi connectivity index (χ1n) is 10.9. The topological polar surface area (TPSA) is 89.8 Å². The Hall–Kier alpha value is -3.82. The minimum absolute atomic E-state index is 0.227. The predicted molar refractivity (Wildman–Crippen MR) is 141 cm³/mol. The van der Waals surface area contributed by atoms with Crippen LogP contribution in [-0.4, -0.2) is 30.7 Å². The number of nitrogens with zero attached hydrogens (tertiary/aromatic N) is 4. The first kappa shape index (κ1) is 22.9. The molecule has 9 heteroatoms. The zero-order chi connectivity index (χ0) is 24.4. The fraction of sp³-hybridized carbons (Fsp3) is 0.115. The zero-order valence-electron chi connectivity index (χ0n) is 19.0. The van der Waals surface area contributed by atoms with Crippen LogP contribution in [0.3, 0.4) is 0 Å². The number of hydrogen-bond donors (Lipinski definition) is 1. The zero-order valence-corrected chi connectivity index (χ0v) is 20.6. The molecular formula is C26H21N5O2S2. The maximum atomic E-state index is 13.4. The van der Waals surface area contributed by atoms with E-state index in [1.54, 1.807) is 37.4 Å². The molecule has 7 nitrogen and oxygen atoms in total. The standard InChI is InChI=1S/C26H21N5O2S2/c1-16-12-13-22(27-14-16)31-24(33)19-10-6-7-11-20(19)29-26(31)35-17(2)23(32)30-25-28-21(15-34-25)18-8-4-3-5-9-18/h3-15,17H,1-2H3,(H,28,30,32). The van der Waals surface area contributed by atoms with Crippen LogP contribution in [0.5, 0.6) is 0 Å². The van der Waals surface area contributed by atoms with Crippen LogP contribution in [0.2, 0.25) is 0 Å². The smallest absolute Gasteiger partial charge is 0.267 e. The van der Waals surface area contributed by atoms with Gasteiger partial charge in [-0.05, 0) is 37.6 Å². The predicted octanol–water partition coefficient (Wildman–Crippen LogP) is 5.33. The van der Waals surface area contributed by atoms with Crippen LogP contribution in [0.4, 0.5) is 5.13 Å². The van der Waals surface area contributed by atoms with E-state index in [1.165, 1.54) is 27.7 Å². The Morgan fingerprint density at radius 1 is 1.03 bits per heavy atom. The van der Waals surface area contributed by atoms with E-state index in [0.29, 0.717) is 27.0 Å². The second-order valence-corrected chi connectivity index (χ2v) is 10.1. The molecule has 3 aromatic heterocycles. The molecule has 1 amide bonds. The third kappa shape index (κ3) is 4.87. The first-order chi connectivity index (χ1) is 17.0. The molecule has 0 saturated carbocycles. The summed E-state index contributed by atoms with van der Waals surface area (Å²) in [6, 6.07) is 20.6. The SMILES string of the molecule is Cc1ccc(-n2c(SC(C)C(=O)Nc3nc(-c4ccccc4)cs3)nc3ccccc3c2=O)nc1. The summed E-state index contributed by atoms with van der Waals surface area (Å²) in [6.07, 6.45) is 1.70. The third-order valence-corrected chi connectivity index (χ3v) is 7.14. The van der Waals surface area contributed by atoms with Crippen LogP contribution in [0.25, 0.3) is 28.0 Å². The Morgan fingerprint density at radius 2 is 1.80 bits per heavy atom. The van der Waals surface area contributed by atoms with Crippen molar-refractivity contribution in [1.29, 1.82) is 0 Å². The Morgan fingerprint density at radius 3 is 2.57 bits per heavy atom. The second-order valence-electron chi connectivity index (χ2n) is 7.90. The molecule has 0 fully saturated rings. The van der Waals surface area contributed by atoms with E-state index < -0.39 is 5.25 Å². The lowest BCUT2D eigenvalue weighted by molar-refractivity contribution is -0.115. The molecule has 1 N–H and O–H groups in total. The van der Waals surface area contributed by atoms with Gasteiger partial charge < -0.3 is 5.32 Å². The second kappa shape index (κ2) is 9.81. The summed E-state index contributed by atoms with van der Waals surface area (Å²) in [4.78, 5) is 40.0. The van der Waals surface area contributed by atoms with Crippen LogP contribution in [0.1, 0.15) is 12.5 Å². The van der Waals surface area contributed by atoms with Crippen molar-refractivity contribution in [2.45, 2.75) is 24.3 Å². The number of anilines is 1. The van der Waals surface area contributed by atoms with E-state index in [0.717, 1.165) is 16.8 Å². The molecule has 174 valence electrons. The fourth-order valence-corrected chi connectivity index (χ4v) is 5.11. The maximum Gasteiger partial charge on any atom is 0.267 e. The van der Waals surface area contributed by atoms with Gasteiger partial charge in [0.1, 0.15) is 5.82 Å². The van der Waals surface area contributed by atoms with Gasteiger partial charge in [-0.2, -0.15) is 0 Å². The van der Waals surface area contributed by atoms with Crippen LogP contribution in [0.15, 0.2) is 88.3 Å². The highest BCUT2D eigenvalue weighted by Crippen LogP contribution is 2.28. The molecule has 0 aliphatic carbocycles. The van der Waals surface area contributed by atoms with Crippen LogP contribution < -0.4 is 10.9 Å². The molecule has 35 heavy (non-hydrogen) atoms. The molecule has 2 aromatic carbocycles. The Bertz CT molecular complexity index is 1560. The van der Waals surface area contributed by atoms with Gasteiger partial charge >= 0.3 is 0 Å². The van der Waals surface area contributed by atoms with Gasteiger partial charge in [-0.3, -0.25) is 9.59 Å². The molecule has 0 saturated heterocycles. The number of aryl methyl sites for hydroxylation is 1. The fourth-order valence-electron chi connectivity index (χ4n) is 3.48. The van der Waals surface area contributed by atoms with Crippen molar-refractivity contribution in [2.24, 2.45) is 0 Å². The van der Waals surface area contributed by atoms with Gasteiger partial charge in [0.25, 0.3) is 5.56 Å². The Balaban J connectivity index is 1.43. The largest absolute Gasteiger partial charge is 0.301 e. The van der Waals surface area contributed by atoms with Gasteiger partial charge in [0.05, 0.1) is 21.8 Å². The lowest BCUT2D eigenvalue weighted by Gasteiger charge is -2.15. The van der Waals surface area contributed by atoms with E-state index in [-0.39, 0.29) is 11.5 Å². The van der Waals surface area contributed by atoms with Crippen LogP contribution >= 0.6 is 23.1 Å². The summed E-state index contributed by atoms with van der Waals surface area (Å²) in [5.41, 5.74) is 3.12. The molecule has 5 rings (SSSR count). The molecule has 5 aromatic rings. The number of carbonyl (C=O) groups excluding carboxylic acids is 1. The van der Waals surface area contributed by atoms with E-state index in [1.807, 2.05) is 54.8 Å². The molecular weight excluding hydrogens is 478 g/mol. The van der Waals surface area contributed by atoms with Gasteiger partial charge in [0, 0.05) is 17.1 Å². The third-order valence-electron chi connectivity index (χ3n) is 5.33. The van der Waals surface area contributed by atoms with Gasteiger partial charge in [0.2, 0.25) is 5.91 Å². The van der Waals surface area contributed by atoms with Crippen molar-refractivity contribution in [3.63, 3.8) is 0 Å². The van der Waals surface area contributed by atoms with Crippen LogP contribution in [0, 0.1) is 6.92 Å². The van der Waals surface area contributed by atoms with Crippen molar-refractivity contribution in [3.8, 4) is 17.1 Å². The maximum absolute atomic E-state index is 13.4. The van der Waals surface area contributed by atoms with E-state index in [2.05, 4.69) is 15.3 Å². The van der Waals surface area contributed by atoms with E-state index >= 15 is 0 Å². The highest BCUT2D eigenvalue weighted by Gasteiger charge is 2.21. The van der Waals surface area contributed by atoms with Gasteiger partial charge in [-0.15, -0.1) is 11.3 Å². The number of para-hydroxylation sites is 1. The molecule has 0 radical (unpaired) electrons. The molecule has 0 spiro atoms. The summed E-state index contributed by atoms with van der Waals surface area (Å²) in [7, 11) is 0. The number of thiazole rings is 1. The highest BCUT2D eigenvalue weighted by atomic mass is 32.2. The number of fused-ring (bicyclic) bond motifs is 1. The molecule has 1 unspecified atom stereocenters. The first-order valence-corrected chi connectivity index (χ1v) is 12.7. The van der Waals surface area contributed by atoms with Crippen molar-refractivity contribution < 1.29 is 4.79 Å². The van der Waals surface area contributed by atoms with E-state index in [9.17, 15) is 9.59 Å². The molecule has 0 bridgehead atoms. The Kier molecular flexibility index (Phi) is 6.43. The van der Waals surface area contributed by atoms with E-state index in [4.69, 9.17) is 4.98 Å². The van der Waals surface area contributed by atoms with Gasteiger partial charge in [-0.25, -0.2) is 19.5 Å². The number of benzene rings is 2. The minimum Gasteiger partial charge on any atom is -0.301 e. The summed E-state index contributed by atoms with van der Waals surface area (Å²) in [6.45, 7) is 3.71.